The molecule has 0 amide bonds. The lowest BCUT2D eigenvalue weighted by atomic mass is 10.1. The van der Waals surface area contributed by atoms with Gasteiger partial charge in [-0.1, -0.05) is 20.8 Å². The highest BCUT2D eigenvalue weighted by Crippen LogP contribution is 2.07. The first-order valence-corrected chi connectivity index (χ1v) is 6.32. The molecule has 0 aromatic heterocycles. The number of hydrogen-bond acceptors (Lipinski definition) is 3. The lowest BCUT2D eigenvalue weighted by molar-refractivity contribution is 0.00942. The normalized spacial score (nSPS) is 12.8. The van der Waals surface area contributed by atoms with Gasteiger partial charge < -0.3 is 5.32 Å². The zero-order valence-electron chi connectivity index (χ0n) is 11.8. The SMILES string of the molecule is CCC[N]N(NCCNC(C)C)C(C)(C)C. The average molecular weight is 229 g/mol. The molecular weight excluding hydrogens is 200 g/mol. The fourth-order valence-electron chi connectivity index (χ4n) is 1.22. The highest BCUT2D eigenvalue weighted by atomic mass is 15.7. The average Bonchev–Trinajstić information content (AvgIpc) is 2.14. The Bertz CT molecular complexity index is 163. The van der Waals surface area contributed by atoms with E-state index in [1.807, 2.05) is 5.12 Å². The molecular formula is C12H29N4. The topological polar surface area (TPSA) is 41.4 Å². The Labute approximate surface area is 101 Å². The maximum absolute atomic E-state index is 4.52. The minimum absolute atomic E-state index is 0.0347. The van der Waals surface area contributed by atoms with Gasteiger partial charge >= 0.3 is 0 Å². The standard InChI is InChI=1S/C12H29N4/c1-7-8-14-16(12(4,5)6)15-10-9-13-11(2)3/h11,13,15H,7-10H2,1-6H3. The molecule has 1 radical (unpaired) electrons. The molecule has 0 saturated heterocycles. The lowest BCUT2D eigenvalue weighted by Gasteiger charge is -2.34. The van der Waals surface area contributed by atoms with Crippen LogP contribution in [0.3, 0.4) is 0 Å². The largest absolute Gasteiger partial charge is 0.313 e. The maximum Gasteiger partial charge on any atom is 0.0442 e. The molecule has 0 aliphatic heterocycles. The first-order valence-electron chi connectivity index (χ1n) is 6.32. The number of hydrazine groups is 1. The van der Waals surface area contributed by atoms with Crippen LogP contribution in [0.2, 0.25) is 0 Å². The summed E-state index contributed by atoms with van der Waals surface area (Å²) in [5.74, 6) is 0. The van der Waals surface area contributed by atoms with Crippen LogP contribution in [-0.4, -0.2) is 36.3 Å². The van der Waals surface area contributed by atoms with Gasteiger partial charge in [0.1, 0.15) is 0 Å². The zero-order chi connectivity index (χ0) is 12.6. The van der Waals surface area contributed by atoms with Gasteiger partial charge in [-0.3, -0.25) is 0 Å². The molecule has 97 valence electrons. The fraction of sp³-hybridized carbons (Fsp3) is 1.00. The van der Waals surface area contributed by atoms with E-state index in [9.17, 15) is 0 Å². The van der Waals surface area contributed by atoms with E-state index in [1.165, 1.54) is 0 Å². The van der Waals surface area contributed by atoms with Crippen molar-refractivity contribution in [3.05, 3.63) is 0 Å². The molecule has 0 rings (SSSR count). The molecule has 4 nitrogen and oxygen atoms in total. The summed E-state index contributed by atoms with van der Waals surface area (Å²) in [4.78, 5) is 0. The summed E-state index contributed by atoms with van der Waals surface area (Å²) in [7, 11) is 0. The predicted molar refractivity (Wildman–Crippen MR) is 70.0 cm³/mol. The van der Waals surface area contributed by atoms with Crippen molar-refractivity contribution < 1.29 is 0 Å². The molecule has 0 atom stereocenters. The third-order valence-corrected chi connectivity index (χ3v) is 2.04. The third kappa shape index (κ3) is 8.05. The molecule has 4 heteroatoms. The minimum Gasteiger partial charge on any atom is -0.313 e. The maximum atomic E-state index is 4.52. The Kier molecular flexibility index (Phi) is 7.93. The van der Waals surface area contributed by atoms with Crippen molar-refractivity contribution in [3.63, 3.8) is 0 Å². The van der Waals surface area contributed by atoms with Crippen molar-refractivity contribution in [1.29, 1.82) is 0 Å². The summed E-state index contributed by atoms with van der Waals surface area (Å²) in [5, 5.41) is 5.36. The number of nitrogens with one attached hydrogen (secondary N) is 2. The van der Waals surface area contributed by atoms with Gasteiger partial charge in [0.25, 0.3) is 0 Å². The van der Waals surface area contributed by atoms with Gasteiger partial charge in [-0.15, -0.1) is 5.43 Å². The summed E-state index contributed by atoms with van der Waals surface area (Å²) in [5.41, 5.74) is 7.91. The van der Waals surface area contributed by atoms with Crippen LogP contribution in [0.1, 0.15) is 48.0 Å². The van der Waals surface area contributed by atoms with Crippen LogP contribution in [0.5, 0.6) is 0 Å². The molecule has 0 bridgehead atoms. The molecule has 0 aliphatic carbocycles. The van der Waals surface area contributed by atoms with Gasteiger partial charge in [0.2, 0.25) is 0 Å². The van der Waals surface area contributed by atoms with Crippen LogP contribution >= 0.6 is 0 Å². The van der Waals surface area contributed by atoms with E-state index in [0.29, 0.717) is 6.04 Å². The molecule has 0 fully saturated rings. The van der Waals surface area contributed by atoms with Crippen LogP contribution < -0.4 is 16.2 Å². The van der Waals surface area contributed by atoms with E-state index in [1.54, 1.807) is 0 Å². The van der Waals surface area contributed by atoms with Crippen molar-refractivity contribution in [2.24, 2.45) is 0 Å². The second kappa shape index (κ2) is 8.01. The molecule has 0 saturated carbocycles. The van der Waals surface area contributed by atoms with E-state index in [0.717, 1.165) is 26.1 Å². The minimum atomic E-state index is 0.0347. The highest BCUT2D eigenvalue weighted by molar-refractivity contribution is 4.70. The second-order valence-electron chi connectivity index (χ2n) is 5.36. The molecule has 0 aromatic rings. The zero-order valence-corrected chi connectivity index (χ0v) is 11.8. The summed E-state index contributed by atoms with van der Waals surface area (Å²) in [6.07, 6.45) is 1.08. The van der Waals surface area contributed by atoms with Crippen molar-refractivity contribution in [2.75, 3.05) is 19.6 Å². The van der Waals surface area contributed by atoms with Crippen molar-refractivity contribution in [1.82, 2.24) is 21.3 Å². The summed E-state index contributed by atoms with van der Waals surface area (Å²) in [6.45, 7) is 15.7. The summed E-state index contributed by atoms with van der Waals surface area (Å²) < 4.78 is 0. The van der Waals surface area contributed by atoms with E-state index >= 15 is 0 Å². The molecule has 0 aromatic carbocycles. The highest BCUT2D eigenvalue weighted by Gasteiger charge is 2.21. The second-order valence-corrected chi connectivity index (χ2v) is 5.36. The third-order valence-electron chi connectivity index (χ3n) is 2.04. The quantitative estimate of drug-likeness (QED) is 0.490. The summed E-state index contributed by atoms with van der Waals surface area (Å²) in [6, 6.07) is 0.539. The first kappa shape index (κ1) is 15.8. The fourth-order valence-corrected chi connectivity index (χ4v) is 1.22. The van der Waals surface area contributed by atoms with E-state index in [-0.39, 0.29) is 5.54 Å². The van der Waals surface area contributed by atoms with E-state index in [2.05, 4.69) is 57.7 Å². The van der Waals surface area contributed by atoms with E-state index in [4.69, 9.17) is 0 Å². The van der Waals surface area contributed by atoms with Gasteiger partial charge in [-0.05, 0) is 27.2 Å². The number of hydrogen-bond donors (Lipinski definition) is 2. The van der Waals surface area contributed by atoms with Gasteiger partial charge in [0.05, 0.1) is 0 Å². The molecule has 0 spiro atoms. The molecule has 16 heavy (non-hydrogen) atoms. The molecule has 0 heterocycles. The van der Waals surface area contributed by atoms with Crippen LogP contribution in [0, 0.1) is 0 Å². The van der Waals surface area contributed by atoms with Crippen LogP contribution in [0.4, 0.5) is 0 Å². The van der Waals surface area contributed by atoms with Crippen LogP contribution in [0.25, 0.3) is 0 Å². The van der Waals surface area contributed by atoms with Gasteiger partial charge in [0.15, 0.2) is 0 Å². The number of nitrogens with zero attached hydrogens (tertiary/aromatic N) is 2. The monoisotopic (exact) mass is 229 g/mol. The van der Waals surface area contributed by atoms with Gasteiger partial charge in [-0.25, -0.2) is 5.43 Å². The Balaban J connectivity index is 3.84. The van der Waals surface area contributed by atoms with E-state index < -0.39 is 0 Å². The lowest BCUT2D eigenvalue weighted by Crippen LogP contribution is -2.56. The Hall–Kier alpha value is -0.160. The Morgan fingerprint density at radius 1 is 1.19 bits per heavy atom. The van der Waals surface area contributed by atoms with Crippen molar-refractivity contribution >= 4 is 0 Å². The summed E-state index contributed by atoms with van der Waals surface area (Å²) >= 11 is 0. The predicted octanol–water partition coefficient (Wildman–Crippen LogP) is 1.52. The smallest absolute Gasteiger partial charge is 0.0442 e. The Morgan fingerprint density at radius 2 is 1.81 bits per heavy atom. The van der Waals surface area contributed by atoms with Gasteiger partial charge in [0, 0.05) is 31.2 Å². The molecule has 0 unspecified atom stereocenters. The van der Waals surface area contributed by atoms with Crippen LogP contribution in [-0.2, 0) is 0 Å². The van der Waals surface area contributed by atoms with Crippen molar-refractivity contribution in [3.8, 4) is 0 Å². The molecule has 0 aliphatic rings. The van der Waals surface area contributed by atoms with Crippen LogP contribution in [0.15, 0.2) is 0 Å². The van der Waals surface area contributed by atoms with Crippen molar-refractivity contribution in [2.45, 2.75) is 59.5 Å². The molecule has 2 N–H and O–H groups in total. The number of rotatable bonds is 8. The van der Waals surface area contributed by atoms with Gasteiger partial charge in [-0.2, -0.15) is 5.12 Å². The Morgan fingerprint density at radius 3 is 2.25 bits per heavy atom. The first-order chi connectivity index (χ1) is 7.38.